The van der Waals surface area contributed by atoms with Gasteiger partial charge in [-0.2, -0.15) is 11.8 Å². The molecule has 1 aliphatic rings. The molecule has 0 aromatic heterocycles. The van der Waals surface area contributed by atoms with Gasteiger partial charge < -0.3 is 10.1 Å². The van der Waals surface area contributed by atoms with E-state index in [2.05, 4.69) is 5.32 Å². The number of ether oxygens (including phenoxy) is 1. The van der Waals surface area contributed by atoms with Crippen molar-refractivity contribution in [2.45, 2.75) is 26.0 Å². The van der Waals surface area contributed by atoms with Crippen LogP contribution in [0.5, 0.6) is 0 Å². The molecule has 1 aromatic carbocycles. The normalized spacial score (nSPS) is 17.5. The molecule has 1 N–H and O–H groups in total. The number of thioether (sulfide) groups is 1. The molecule has 7 heteroatoms. The molecule has 1 aromatic rings. The maximum Gasteiger partial charge on any atom is 0.415 e. The molecular formula is C14H17ClN2O2S2. The molecule has 114 valence electrons. The highest BCUT2D eigenvalue weighted by Gasteiger charge is 2.35. The zero-order valence-electron chi connectivity index (χ0n) is 12.1. The highest BCUT2D eigenvalue weighted by molar-refractivity contribution is 7.98. The van der Waals surface area contributed by atoms with Crippen LogP contribution in [0.25, 0.3) is 0 Å². The number of carbonyl (C=O) groups is 1. The lowest BCUT2D eigenvalue weighted by molar-refractivity contribution is 0.122. The molecule has 2 rings (SSSR count). The summed E-state index contributed by atoms with van der Waals surface area (Å²) in [4.78, 5) is 14.7. The van der Waals surface area contributed by atoms with Gasteiger partial charge in [0.25, 0.3) is 0 Å². The fourth-order valence-corrected chi connectivity index (χ4v) is 3.31. The monoisotopic (exact) mass is 344 g/mol. The summed E-state index contributed by atoms with van der Waals surface area (Å²) >= 11 is 13.1. The molecule has 0 saturated heterocycles. The zero-order chi connectivity index (χ0) is 15.6. The van der Waals surface area contributed by atoms with Crippen LogP contribution in [-0.2, 0) is 4.74 Å². The van der Waals surface area contributed by atoms with Gasteiger partial charge in [0.15, 0.2) is 0 Å². The Labute approximate surface area is 139 Å². The number of hydrogen-bond acceptors (Lipinski definition) is 4. The minimum atomic E-state index is -0.406. The third kappa shape index (κ3) is 3.62. The maximum atomic E-state index is 12.5. The molecule has 0 unspecified atom stereocenters. The fraction of sp³-hybridized carbons (Fsp3) is 0.429. The fourth-order valence-electron chi connectivity index (χ4n) is 2.10. The Bertz CT molecular complexity index is 566. The van der Waals surface area contributed by atoms with Gasteiger partial charge >= 0.3 is 6.09 Å². The summed E-state index contributed by atoms with van der Waals surface area (Å²) in [5.41, 5.74) is 1.46. The summed E-state index contributed by atoms with van der Waals surface area (Å²) in [6.45, 7) is 3.64. The summed E-state index contributed by atoms with van der Waals surface area (Å²) < 4.78 is 5.36. The number of nitrogens with zero attached hydrogens (tertiary/aromatic N) is 1. The van der Waals surface area contributed by atoms with Gasteiger partial charge in [0.05, 0.1) is 23.5 Å². The van der Waals surface area contributed by atoms with Crippen molar-refractivity contribution in [3.8, 4) is 0 Å². The van der Waals surface area contributed by atoms with Crippen LogP contribution in [0.4, 0.5) is 16.2 Å². The average Bonchev–Trinajstić information content (AvgIpc) is 2.39. The van der Waals surface area contributed by atoms with E-state index >= 15 is 0 Å². The molecule has 0 fully saturated rings. The van der Waals surface area contributed by atoms with Crippen LogP contribution < -0.4 is 10.2 Å². The number of rotatable bonds is 3. The largest absolute Gasteiger partial charge is 0.446 e. The molecule has 0 aliphatic carbocycles. The van der Waals surface area contributed by atoms with Gasteiger partial charge in [0.2, 0.25) is 0 Å². The number of anilines is 2. The molecular weight excluding hydrogens is 328 g/mol. The highest BCUT2D eigenvalue weighted by Crippen LogP contribution is 2.36. The van der Waals surface area contributed by atoms with Crippen LogP contribution in [0, 0.1) is 0 Å². The van der Waals surface area contributed by atoms with E-state index in [-0.39, 0.29) is 12.1 Å². The molecule has 1 atom stereocenters. The SMILES string of the molecule is CSC[C@H]1C(=S)Nc2ccc(Cl)cc2N1C(=O)OC(C)C. The second-order valence-corrected chi connectivity index (χ2v) is 6.71. The van der Waals surface area contributed by atoms with Crippen molar-refractivity contribution in [3.63, 3.8) is 0 Å². The predicted molar refractivity (Wildman–Crippen MR) is 93.9 cm³/mol. The Kier molecular flexibility index (Phi) is 5.35. The number of hydrogen-bond donors (Lipinski definition) is 1. The number of amides is 1. The van der Waals surface area contributed by atoms with Gasteiger partial charge in [0.1, 0.15) is 4.99 Å². The van der Waals surface area contributed by atoms with Gasteiger partial charge in [-0.05, 0) is 38.3 Å². The van der Waals surface area contributed by atoms with Crippen molar-refractivity contribution in [2.75, 3.05) is 22.2 Å². The lowest BCUT2D eigenvalue weighted by Gasteiger charge is -2.37. The number of carbonyl (C=O) groups excluding carboxylic acids is 1. The minimum Gasteiger partial charge on any atom is -0.446 e. The van der Waals surface area contributed by atoms with E-state index < -0.39 is 6.09 Å². The third-order valence-electron chi connectivity index (χ3n) is 2.95. The van der Waals surface area contributed by atoms with Gasteiger partial charge in [-0.1, -0.05) is 23.8 Å². The summed E-state index contributed by atoms with van der Waals surface area (Å²) in [6.07, 6.45) is 1.37. The van der Waals surface area contributed by atoms with Crippen LogP contribution >= 0.6 is 35.6 Å². The highest BCUT2D eigenvalue weighted by atomic mass is 35.5. The Hall–Kier alpha value is -0.980. The Morgan fingerprint density at radius 1 is 1.57 bits per heavy atom. The van der Waals surface area contributed by atoms with Crippen molar-refractivity contribution in [2.24, 2.45) is 0 Å². The van der Waals surface area contributed by atoms with Gasteiger partial charge in [-0.25, -0.2) is 4.79 Å². The topological polar surface area (TPSA) is 41.6 Å². The molecule has 4 nitrogen and oxygen atoms in total. The number of fused-ring (bicyclic) bond motifs is 1. The predicted octanol–water partition coefficient (Wildman–Crippen LogP) is 4.18. The number of halogens is 1. The first-order chi connectivity index (χ1) is 9.93. The van der Waals surface area contributed by atoms with E-state index in [1.807, 2.05) is 26.2 Å². The third-order valence-corrected chi connectivity index (χ3v) is 4.21. The van der Waals surface area contributed by atoms with Gasteiger partial charge in [-0.15, -0.1) is 0 Å². The van der Waals surface area contributed by atoms with Crippen molar-refractivity contribution in [1.29, 1.82) is 0 Å². The maximum absolute atomic E-state index is 12.5. The van der Waals surface area contributed by atoms with Crippen LogP contribution in [-0.4, -0.2) is 35.2 Å². The van der Waals surface area contributed by atoms with Crippen LogP contribution in [0.15, 0.2) is 18.2 Å². The van der Waals surface area contributed by atoms with Crippen LogP contribution in [0.1, 0.15) is 13.8 Å². The molecule has 1 amide bonds. The van der Waals surface area contributed by atoms with Crippen LogP contribution in [0.3, 0.4) is 0 Å². The first-order valence-electron chi connectivity index (χ1n) is 6.53. The summed E-state index contributed by atoms with van der Waals surface area (Å²) in [5, 5.41) is 3.73. The molecule has 0 radical (unpaired) electrons. The van der Waals surface area contributed by atoms with E-state index in [1.54, 1.807) is 28.8 Å². The van der Waals surface area contributed by atoms with Crippen molar-refractivity contribution >= 4 is 58.0 Å². The minimum absolute atomic E-state index is 0.196. The number of benzene rings is 1. The average molecular weight is 345 g/mol. The summed E-state index contributed by atoms with van der Waals surface area (Å²) in [5.74, 6) is 0.685. The standard InChI is InChI=1S/C14H17ClN2O2S2/c1-8(2)19-14(18)17-11-6-9(15)4-5-10(11)16-13(20)12(17)7-21-3/h4-6,8,12H,7H2,1-3H3,(H,16,20)/t12-/m0/s1. The molecule has 21 heavy (non-hydrogen) atoms. The second kappa shape index (κ2) is 6.85. The van der Waals surface area contributed by atoms with E-state index in [0.717, 1.165) is 5.69 Å². The van der Waals surface area contributed by atoms with Gasteiger partial charge in [-0.3, -0.25) is 4.90 Å². The number of nitrogens with one attached hydrogen (secondary N) is 1. The molecule has 0 spiro atoms. The Balaban J connectivity index is 2.45. The lowest BCUT2D eigenvalue weighted by atomic mass is 10.1. The van der Waals surface area contributed by atoms with Crippen molar-refractivity contribution in [1.82, 2.24) is 0 Å². The van der Waals surface area contributed by atoms with E-state index in [9.17, 15) is 4.79 Å². The van der Waals surface area contributed by atoms with Gasteiger partial charge in [0, 0.05) is 10.8 Å². The quantitative estimate of drug-likeness (QED) is 0.833. The Morgan fingerprint density at radius 2 is 2.29 bits per heavy atom. The molecule has 0 bridgehead atoms. The van der Waals surface area contributed by atoms with Crippen LogP contribution in [0.2, 0.25) is 5.02 Å². The smallest absolute Gasteiger partial charge is 0.415 e. The number of thiocarbonyl (C=S) groups is 1. The molecule has 0 saturated carbocycles. The molecule has 1 aliphatic heterocycles. The van der Waals surface area contributed by atoms with Crippen molar-refractivity contribution in [3.05, 3.63) is 23.2 Å². The van der Waals surface area contributed by atoms with E-state index in [1.165, 1.54) is 0 Å². The second-order valence-electron chi connectivity index (χ2n) is 4.92. The van der Waals surface area contributed by atoms with E-state index in [0.29, 0.717) is 21.5 Å². The Morgan fingerprint density at radius 3 is 2.90 bits per heavy atom. The lowest BCUT2D eigenvalue weighted by Crippen LogP contribution is -2.52. The molecule has 1 heterocycles. The zero-order valence-corrected chi connectivity index (χ0v) is 14.4. The first-order valence-corrected chi connectivity index (χ1v) is 8.71. The van der Waals surface area contributed by atoms with E-state index in [4.69, 9.17) is 28.6 Å². The summed E-state index contributed by atoms with van der Waals surface area (Å²) in [6, 6.07) is 5.08. The van der Waals surface area contributed by atoms with Crippen molar-refractivity contribution < 1.29 is 9.53 Å². The summed E-state index contributed by atoms with van der Waals surface area (Å²) in [7, 11) is 0. The first kappa shape index (κ1) is 16.4.